The monoisotopic (exact) mass is 204 g/mol. The normalized spacial score (nSPS) is 10.0. The Hall–Kier alpha value is -2.04. The number of benzene rings is 1. The fraction of sp³-hybridized carbons (Fsp3) is 0.100. The Bertz CT molecular complexity index is 472. The van der Waals surface area contributed by atoms with Gasteiger partial charge in [0.1, 0.15) is 17.8 Å². The van der Waals surface area contributed by atoms with Crippen LogP contribution in [-0.2, 0) is 0 Å². The van der Waals surface area contributed by atoms with E-state index in [1.807, 2.05) is 0 Å². The molecule has 1 aromatic heterocycles. The van der Waals surface area contributed by atoms with Crippen molar-refractivity contribution < 1.29 is 4.39 Å². The fourth-order valence-electron chi connectivity index (χ4n) is 1.29. The van der Waals surface area contributed by atoms with Crippen LogP contribution in [0.1, 0.15) is 0 Å². The van der Waals surface area contributed by atoms with E-state index in [9.17, 15) is 4.39 Å². The Labute approximate surface area is 86.2 Å². The molecule has 1 aromatic carbocycles. The highest BCUT2D eigenvalue weighted by Gasteiger charge is 2.10. The molecule has 4 nitrogen and oxygen atoms in total. The highest BCUT2D eigenvalue weighted by molar-refractivity contribution is 5.70. The molecule has 1 N–H and O–H groups in total. The molecule has 0 amide bonds. The van der Waals surface area contributed by atoms with E-state index < -0.39 is 0 Å². The lowest BCUT2D eigenvalue weighted by Crippen LogP contribution is -2.00. The quantitative estimate of drug-likeness (QED) is 0.809. The third-order valence-electron chi connectivity index (χ3n) is 1.99. The summed E-state index contributed by atoms with van der Waals surface area (Å²) in [7, 11) is 1.70. The Kier molecular flexibility index (Phi) is 2.53. The van der Waals surface area contributed by atoms with Crippen LogP contribution in [0.15, 0.2) is 30.6 Å². The van der Waals surface area contributed by atoms with Crippen LogP contribution in [0, 0.1) is 5.82 Å². The molecule has 0 saturated carbocycles. The molecule has 2 rings (SSSR count). The van der Waals surface area contributed by atoms with E-state index in [2.05, 4.69) is 20.5 Å². The molecule has 76 valence electrons. The van der Waals surface area contributed by atoms with Crippen molar-refractivity contribution in [2.75, 3.05) is 12.4 Å². The van der Waals surface area contributed by atoms with Crippen molar-refractivity contribution in [1.29, 1.82) is 0 Å². The number of rotatable bonds is 2. The van der Waals surface area contributed by atoms with Gasteiger partial charge in [-0.05, 0) is 12.1 Å². The number of nitrogens with one attached hydrogen (secondary N) is 1. The first-order valence-electron chi connectivity index (χ1n) is 4.43. The van der Waals surface area contributed by atoms with Crippen molar-refractivity contribution in [1.82, 2.24) is 15.2 Å². The van der Waals surface area contributed by atoms with Crippen LogP contribution in [0.2, 0.25) is 0 Å². The molecule has 15 heavy (non-hydrogen) atoms. The van der Waals surface area contributed by atoms with E-state index in [1.54, 1.807) is 25.2 Å². The summed E-state index contributed by atoms with van der Waals surface area (Å²) in [6.45, 7) is 0. The molecule has 1 heterocycles. The molecule has 5 heteroatoms. The first kappa shape index (κ1) is 9.51. The zero-order chi connectivity index (χ0) is 10.7. The predicted molar refractivity (Wildman–Crippen MR) is 54.8 cm³/mol. The highest BCUT2D eigenvalue weighted by Crippen LogP contribution is 2.24. The van der Waals surface area contributed by atoms with E-state index in [0.717, 1.165) is 0 Å². The number of hydrogen-bond donors (Lipinski definition) is 1. The average Bonchev–Trinajstić information content (AvgIpc) is 2.30. The molecule has 0 bridgehead atoms. The minimum atomic E-state index is -0.337. The van der Waals surface area contributed by atoms with Crippen LogP contribution in [0.25, 0.3) is 11.3 Å². The second kappa shape index (κ2) is 4.00. The molecule has 0 spiro atoms. The van der Waals surface area contributed by atoms with Gasteiger partial charge in [-0.3, -0.25) is 0 Å². The van der Waals surface area contributed by atoms with Gasteiger partial charge in [-0.2, -0.15) is 0 Å². The predicted octanol–water partition coefficient (Wildman–Crippen LogP) is 1.72. The van der Waals surface area contributed by atoms with Gasteiger partial charge < -0.3 is 5.32 Å². The molecular formula is C10H9FN4. The first-order chi connectivity index (χ1) is 7.33. The fourth-order valence-corrected chi connectivity index (χ4v) is 1.29. The maximum Gasteiger partial charge on any atom is 0.156 e. The standard InChI is InChI=1S/C10H9FN4/c1-12-10-9(15-14-6-13-10)7-4-2-3-5-8(7)11/h2-6H,1H3,(H,12,13,14). The van der Waals surface area contributed by atoms with Crippen LogP contribution in [-0.4, -0.2) is 22.2 Å². The number of anilines is 1. The van der Waals surface area contributed by atoms with Crippen LogP contribution < -0.4 is 5.32 Å². The summed E-state index contributed by atoms with van der Waals surface area (Å²) in [6, 6.07) is 6.39. The van der Waals surface area contributed by atoms with Crippen molar-refractivity contribution in [3.8, 4) is 11.3 Å². The Morgan fingerprint density at radius 3 is 2.80 bits per heavy atom. The lowest BCUT2D eigenvalue weighted by atomic mass is 10.1. The largest absolute Gasteiger partial charge is 0.371 e. The molecule has 0 radical (unpaired) electrons. The maximum atomic E-state index is 13.5. The minimum Gasteiger partial charge on any atom is -0.371 e. The summed E-state index contributed by atoms with van der Waals surface area (Å²) in [5.74, 6) is 0.173. The number of halogens is 1. The van der Waals surface area contributed by atoms with Crippen LogP contribution in [0.5, 0.6) is 0 Å². The summed E-state index contributed by atoms with van der Waals surface area (Å²) in [4.78, 5) is 3.96. The van der Waals surface area contributed by atoms with E-state index in [1.165, 1.54) is 12.4 Å². The third kappa shape index (κ3) is 1.76. The Morgan fingerprint density at radius 1 is 1.27 bits per heavy atom. The van der Waals surface area contributed by atoms with Gasteiger partial charge in [0.05, 0.1) is 0 Å². The Balaban J connectivity index is 2.59. The zero-order valence-electron chi connectivity index (χ0n) is 8.11. The number of nitrogens with zero attached hydrogens (tertiary/aromatic N) is 3. The van der Waals surface area contributed by atoms with Gasteiger partial charge in [0, 0.05) is 12.6 Å². The van der Waals surface area contributed by atoms with E-state index in [4.69, 9.17) is 0 Å². The van der Waals surface area contributed by atoms with Crippen molar-refractivity contribution in [3.05, 3.63) is 36.4 Å². The third-order valence-corrected chi connectivity index (χ3v) is 1.99. The van der Waals surface area contributed by atoms with Gasteiger partial charge >= 0.3 is 0 Å². The lowest BCUT2D eigenvalue weighted by Gasteiger charge is -2.05. The van der Waals surface area contributed by atoms with E-state index in [0.29, 0.717) is 17.1 Å². The summed E-state index contributed by atoms with van der Waals surface area (Å²) in [6.07, 6.45) is 1.32. The molecule has 0 atom stereocenters. The first-order valence-corrected chi connectivity index (χ1v) is 4.43. The van der Waals surface area contributed by atoms with E-state index >= 15 is 0 Å². The van der Waals surface area contributed by atoms with Crippen molar-refractivity contribution in [2.24, 2.45) is 0 Å². The Morgan fingerprint density at radius 2 is 2.07 bits per heavy atom. The van der Waals surface area contributed by atoms with E-state index in [-0.39, 0.29) is 5.82 Å². The van der Waals surface area contributed by atoms with Crippen LogP contribution in [0.3, 0.4) is 0 Å². The molecule has 0 saturated heterocycles. The van der Waals surface area contributed by atoms with Gasteiger partial charge in [0.15, 0.2) is 5.82 Å². The van der Waals surface area contributed by atoms with Crippen molar-refractivity contribution in [3.63, 3.8) is 0 Å². The van der Waals surface area contributed by atoms with Gasteiger partial charge in [-0.15, -0.1) is 10.2 Å². The molecule has 0 aliphatic rings. The molecule has 0 aliphatic heterocycles. The van der Waals surface area contributed by atoms with Gasteiger partial charge in [-0.1, -0.05) is 12.1 Å². The summed E-state index contributed by atoms with van der Waals surface area (Å²) >= 11 is 0. The number of aromatic nitrogens is 3. The molecule has 0 fully saturated rings. The van der Waals surface area contributed by atoms with Crippen LogP contribution in [0.4, 0.5) is 10.2 Å². The summed E-state index contributed by atoms with van der Waals surface area (Å²) < 4.78 is 13.5. The molecular weight excluding hydrogens is 195 g/mol. The average molecular weight is 204 g/mol. The second-order valence-corrected chi connectivity index (χ2v) is 2.89. The summed E-state index contributed by atoms with van der Waals surface area (Å²) in [5.41, 5.74) is 0.806. The van der Waals surface area contributed by atoms with Gasteiger partial charge in [-0.25, -0.2) is 9.37 Å². The van der Waals surface area contributed by atoms with Crippen molar-refractivity contribution in [2.45, 2.75) is 0 Å². The van der Waals surface area contributed by atoms with Gasteiger partial charge in [0.2, 0.25) is 0 Å². The minimum absolute atomic E-state index is 0.337. The maximum absolute atomic E-state index is 13.5. The SMILES string of the molecule is CNc1ncnnc1-c1ccccc1F. The lowest BCUT2D eigenvalue weighted by molar-refractivity contribution is 0.630. The smallest absolute Gasteiger partial charge is 0.156 e. The number of hydrogen-bond acceptors (Lipinski definition) is 4. The molecule has 2 aromatic rings. The molecule has 0 unspecified atom stereocenters. The van der Waals surface area contributed by atoms with Crippen LogP contribution >= 0.6 is 0 Å². The second-order valence-electron chi connectivity index (χ2n) is 2.89. The summed E-state index contributed by atoms with van der Waals surface area (Å²) in [5, 5.41) is 10.3. The zero-order valence-corrected chi connectivity index (χ0v) is 8.11. The highest BCUT2D eigenvalue weighted by atomic mass is 19.1. The molecule has 0 aliphatic carbocycles. The van der Waals surface area contributed by atoms with Gasteiger partial charge in [0.25, 0.3) is 0 Å². The van der Waals surface area contributed by atoms with Crippen molar-refractivity contribution >= 4 is 5.82 Å². The topological polar surface area (TPSA) is 50.7 Å².